The van der Waals surface area contributed by atoms with E-state index in [2.05, 4.69) is 22.5 Å². The maximum Gasteiger partial charge on any atom is 0.253 e. The van der Waals surface area contributed by atoms with Crippen LogP contribution in [-0.4, -0.2) is 34.6 Å². The van der Waals surface area contributed by atoms with Crippen LogP contribution in [0.15, 0.2) is 42.0 Å². The maximum atomic E-state index is 12.4. The SMILES string of the molecule is O=C(c1ccncc1)N1CCSC(c2cccs2)CC1. The van der Waals surface area contributed by atoms with E-state index in [-0.39, 0.29) is 5.91 Å². The highest BCUT2D eigenvalue weighted by atomic mass is 32.2. The van der Waals surface area contributed by atoms with Gasteiger partial charge in [-0.15, -0.1) is 11.3 Å². The van der Waals surface area contributed by atoms with Crippen LogP contribution in [0, 0.1) is 0 Å². The van der Waals surface area contributed by atoms with Crippen LogP contribution in [0.3, 0.4) is 0 Å². The molecule has 3 rings (SSSR count). The van der Waals surface area contributed by atoms with Gasteiger partial charge in [0, 0.05) is 46.9 Å². The van der Waals surface area contributed by atoms with Crippen molar-refractivity contribution in [3.63, 3.8) is 0 Å². The Kier molecular flexibility index (Phi) is 4.38. The molecule has 1 amide bonds. The molecule has 0 saturated carbocycles. The topological polar surface area (TPSA) is 33.2 Å². The third-order valence-electron chi connectivity index (χ3n) is 3.42. The molecule has 1 fully saturated rings. The number of carbonyl (C=O) groups is 1. The average molecular weight is 304 g/mol. The number of nitrogens with zero attached hydrogens (tertiary/aromatic N) is 2. The molecule has 20 heavy (non-hydrogen) atoms. The fourth-order valence-electron chi connectivity index (χ4n) is 2.35. The van der Waals surface area contributed by atoms with Crippen LogP contribution in [-0.2, 0) is 0 Å². The van der Waals surface area contributed by atoms with Gasteiger partial charge in [-0.3, -0.25) is 9.78 Å². The van der Waals surface area contributed by atoms with Crippen LogP contribution in [0.4, 0.5) is 0 Å². The summed E-state index contributed by atoms with van der Waals surface area (Å²) in [6.45, 7) is 1.66. The summed E-state index contributed by atoms with van der Waals surface area (Å²) in [4.78, 5) is 19.8. The van der Waals surface area contributed by atoms with E-state index in [0.29, 0.717) is 5.25 Å². The lowest BCUT2D eigenvalue weighted by molar-refractivity contribution is 0.0766. The summed E-state index contributed by atoms with van der Waals surface area (Å²) in [5, 5.41) is 2.66. The smallest absolute Gasteiger partial charge is 0.253 e. The molecule has 1 unspecified atom stereocenters. The van der Waals surface area contributed by atoms with Crippen molar-refractivity contribution < 1.29 is 4.79 Å². The standard InChI is InChI=1S/C15H16N2OS2/c18-15(12-3-6-16-7-4-12)17-8-5-14(20-11-9-17)13-2-1-10-19-13/h1-4,6-7,10,14H,5,8-9,11H2. The van der Waals surface area contributed by atoms with E-state index < -0.39 is 0 Å². The zero-order valence-electron chi connectivity index (χ0n) is 11.1. The fourth-order valence-corrected chi connectivity index (χ4v) is 4.59. The first-order valence-electron chi connectivity index (χ1n) is 6.69. The second kappa shape index (κ2) is 6.41. The van der Waals surface area contributed by atoms with E-state index in [4.69, 9.17) is 0 Å². The highest BCUT2D eigenvalue weighted by Gasteiger charge is 2.23. The second-order valence-corrected chi connectivity index (χ2v) is 6.98. The molecule has 1 aliphatic heterocycles. The van der Waals surface area contributed by atoms with Crippen molar-refractivity contribution in [2.45, 2.75) is 11.7 Å². The summed E-state index contributed by atoms with van der Waals surface area (Å²) in [5.74, 6) is 1.12. The quantitative estimate of drug-likeness (QED) is 0.852. The highest BCUT2D eigenvalue weighted by Crippen LogP contribution is 2.36. The molecule has 1 aliphatic rings. The molecule has 1 atom stereocenters. The fraction of sp³-hybridized carbons (Fsp3) is 0.333. The summed E-state index contributed by atoms with van der Waals surface area (Å²) >= 11 is 3.77. The van der Waals surface area contributed by atoms with Gasteiger partial charge >= 0.3 is 0 Å². The minimum atomic E-state index is 0.125. The van der Waals surface area contributed by atoms with Gasteiger partial charge in [-0.05, 0) is 30.0 Å². The van der Waals surface area contributed by atoms with Gasteiger partial charge in [-0.1, -0.05) is 6.07 Å². The summed E-state index contributed by atoms with van der Waals surface area (Å²) in [6.07, 6.45) is 4.38. The van der Waals surface area contributed by atoms with Gasteiger partial charge in [-0.2, -0.15) is 11.8 Å². The molecule has 2 aromatic rings. The lowest BCUT2D eigenvalue weighted by Gasteiger charge is -2.20. The van der Waals surface area contributed by atoms with Crippen molar-refractivity contribution in [2.75, 3.05) is 18.8 Å². The molecule has 0 radical (unpaired) electrons. The third kappa shape index (κ3) is 3.04. The Balaban J connectivity index is 1.67. The van der Waals surface area contributed by atoms with Crippen molar-refractivity contribution in [1.29, 1.82) is 0 Å². The van der Waals surface area contributed by atoms with E-state index in [9.17, 15) is 4.79 Å². The predicted molar refractivity (Wildman–Crippen MR) is 84.3 cm³/mol. The second-order valence-electron chi connectivity index (χ2n) is 4.69. The van der Waals surface area contributed by atoms with E-state index in [1.165, 1.54) is 4.88 Å². The summed E-state index contributed by atoms with van der Waals surface area (Å²) in [5.41, 5.74) is 0.736. The number of pyridine rings is 1. The monoisotopic (exact) mass is 304 g/mol. The summed E-state index contributed by atoms with van der Waals surface area (Å²) in [6, 6.07) is 7.88. The van der Waals surface area contributed by atoms with Crippen molar-refractivity contribution in [3.8, 4) is 0 Å². The van der Waals surface area contributed by atoms with Crippen LogP contribution < -0.4 is 0 Å². The number of thioether (sulfide) groups is 1. The molecule has 5 heteroatoms. The molecule has 1 saturated heterocycles. The molecular formula is C15H16N2OS2. The molecule has 0 aliphatic carbocycles. The van der Waals surface area contributed by atoms with Gasteiger partial charge in [0.2, 0.25) is 0 Å². The third-order valence-corrected chi connectivity index (χ3v) is 5.86. The molecular weight excluding hydrogens is 288 g/mol. The summed E-state index contributed by atoms with van der Waals surface area (Å²) in [7, 11) is 0. The minimum absolute atomic E-state index is 0.125. The lowest BCUT2D eigenvalue weighted by atomic mass is 10.2. The van der Waals surface area contributed by atoms with Crippen LogP contribution >= 0.6 is 23.1 Å². The number of thiophene rings is 1. The van der Waals surface area contributed by atoms with Crippen LogP contribution in [0.25, 0.3) is 0 Å². The van der Waals surface area contributed by atoms with Crippen LogP contribution in [0.1, 0.15) is 26.9 Å². The first-order chi connectivity index (χ1) is 9.84. The Morgan fingerprint density at radius 3 is 2.85 bits per heavy atom. The first-order valence-corrected chi connectivity index (χ1v) is 8.62. The van der Waals surface area contributed by atoms with Crippen molar-refractivity contribution >= 4 is 29.0 Å². The van der Waals surface area contributed by atoms with Gasteiger partial charge in [0.05, 0.1) is 0 Å². The van der Waals surface area contributed by atoms with E-state index >= 15 is 0 Å². The first kappa shape index (κ1) is 13.6. The van der Waals surface area contributed by atoms with Crippen LogP contribution in [0.5, 0.6) is 0 Å². The Hall–Kier alpha value is -1.33. The van der Waals surface area contributed by atoms with Gasteiger partial charge in [0.1, 0.15) is 0 Å². The largest absolute Gasteiger partial charge is 0.338 e. The predicted octanol–water partition coefficient (Wildman–Crippen LogP) is 3.46. The van der Waals surface area contributed by atoms with E-state index in [1.807, 2.05) is 28.0 Å². The number of carbonyl (C=O) groups excluding carboxylic acids is 1. The van der Waals surface area contributed by atoms with Gasteiger partial charge in [-0.25, -0.2) is 0 Å². The number of aromatic nitrogens is 1. The van der Waals surface area contributed by atoms with Gasteiger partial charge < -0.3 is 4.90 Å². The zero-order valence-corrected chi connectivity index (χ0v) is 12.7. The Bertz CT molecular complexity index is 557. The lowest BCUT2D eigenvalue weighted by Crippen LogP contribution is -2.32. The molecule has 3 nitrogen and oxygen atoms in total. The average Bonchev–Trinajstić information content (AvgIpc) is 2.92. The molecule has 0 aromatic carbocycles. The molecule has 0 spiro atoms. The Morgan fingerprint density at radius 2 is 2.10 bits per heavy atom. The van der Waals surface area contributed by atoms with Gasteiger partial charge in [0.25, 0.3) is 5.91 Å². The molecule has 2 aromatic heterocycles. The Labute approximate surface area is 127 Å². The Morgan fingerprint density at radius 1 is 1.25 bits per heavy atom. The highest BCUT2D eigenvalue weighted by molar-refractivity contribution is 7.99. The number of hydrogen-bond acceptors (Lipinski definition) is 4. The molecule has 3 heterocycles. The molecule has 0 bridgehead atoms. The summed E-state index contributed by atoms with van der Waals surface area (Å²) < 4.78 is 0. The maximum absolute atomic E-state index is 12.4. The molecule has 0 N–H and O–H groups in total. The minimum Gasteiger partial charge on any atom is -0.338 e. The number of hydrogen-bond donors (Lipinski definition) is 0. The zero-order chi connectivity index (χ0) is 13.8. The number of rotatable bonds is 2. The normalized spacial score (nSPS) is 19.6. The molecule has 104 valence electrons. The van der Waals surface area contributed by atoms with Crippen molar-refractivity contribution in [3.05, 3.63) is 52.5 Å². The van der Waals surface area contributed by atoms with E-state index in [0.717, 1.165) is 30.8 Å². The van der Waals surface area contributed by atoms with Crippen molar-refractivity contribution in [1.82, 2.24) is 9.88 Å². The van der Waals surface area contributed by atoms with Gasteiger partial charge in [0.15, 0.2) is 0 Å². The number of amides is 1. The van der Waals surface area contributed by atoms with Crippen molar-refractivity contribution in [2.24, 2.45) is 0 Å². The van der Waals surface area contributed by atoms with E-state index in [1.54, 1.807) is 24.5 Å². The van der Waals surface area contributed by atoms with Crippen LogP contribution in [0.2, 0.25) is 0 Å².